The zero-order valence-electron chi connectivity index (χ0n) is 16.5. The van der Waals surface area contributed by atoms with Gasteiger partial charge in [0, 0.05) is 24.6 Å². The molecular formula is C22H22N4O2S. The molecule has 0 aliphatic carbocycles. The van der Waals surface area contributed by atoms with Gasteiger partial charge in [-0.05, 0) is 62.0 Å². The zero-order valence-corrected chi connectivity index (χ0v) is 17.3. The van der Waals surface area contributed by atoms with Crippen LogP contribution in [0.3, 0.4) is 0 Å². The van der Waals surface area contributed by atoms with E-state index >= 15 is 0 Å². The molecule has 2 atom stereocenters. The molecule has 148 valence electrons. The Morgan fingerprint density at radius 3 is 2.59 bits per heavy atom. The van der Waals surface area contributed by atoms with Crippen LogP contribution < -0.4 is 5.32 Å². The van der Waals surface area contributed by atoms with Crippen molar-refractivity contribution in [2.24, 2.45) is 0 Å². The lowest BCUT2D eigenvalue weighted by Gasteiger charge is -2.24. The van der Waals surface area contributed by atoms with Gasteiger partial charge in [0.25, 0.3) is 0 Å². The van der Waals surface area contributed by atoms with Gasteiger partial charge in [0.2, 0.25) is 0 Å². The Labute approximate surface area is 174 Å². The van der Waals surface area contributed by atoms with Crippen molar-refractivity contribution in [3.8, 4) is 5.69 Å². The summed E-state index contributed by atoms with van der Waals surface area (Å²) in [6.07, 6.45) is 1.78. The highest BCUT2D eigenvalue weighted by Crippen LogP contribution is 2.40. The van der Waals surface area contributed by atoms with E-state index < -0.39 is 5.97 Å². The molecule has 1 fully saturated rings. The molecule has 1 aliphatic rings. The van der Waals surface area contributed by atoms with Gasteiger partial charge in [-0.3, -0.25) is 4.98 Å². The molecule has 2 aromatic heterocycles. The number of thiocarbonyl (C=S) groups is 1. The van der Waals surface area contributed by atoms with Crippen molar-refractivity contribution < 1.29 is 9.90 Å². The first-order valence-corrected chi connectivity index (χ1v) is 9.76. The van der Waals surface area contributed by atoms with Crippen LogP contribution in [0.25, 0.3) is 5.69 Å². The van der Waals surface area contributed by atoms with E-state index in [4.69, 9.17) is 12.2 Å². The topological polar surface area (TPSA) is 70.4 Å². The van der Waals surface area contributed by atoms with E-state index in [0.29, 0.717) is 10.8 Å². The van der Waals surface area contributed by atoms with Crippen LogP contribution >= 0.6 is 12.2 Å². The van der Waals surface area contributed by atoms with Crippen LogP contribution in [0.5, 0.6) is 0 Å². The number of aromatic carboxylic acids is 1. The molecule has 4 rings (SSSR count). The monoisotopic (exact) mass is 406 g/mol. The van der Waals surface area contributed by atoms with E-state index in [1.165, 1.54) is 0 Å². The fraction of sp³-hybridized carbons (Fsp3) is 0.227. The molecule has 3 heterocycles. The molecule has 7 heteroatoms. The number of likely N-dealkylation sites (N-methyl/N-ethyl adjacent to an activating group) is 1. The molecule has 1 saturated heterocycles. The number of rotatable bonds is 4. The van der Waals surface area contributed by atoms with E-state index in [1.54, 1.807) is 18.3 Å². The first-order chi connectivity index (χ1) is 13.9. The van der Waals surface area contributed by atoms with E-state index in [2.05, 4.69) is 16.4 Å². The maximum atomic E-state index is 11.8. The Morgan fingerprint density at radius 2 is 1.90 bits per heavy atom. The Morgan fingerprint density at radius 1 is 1.17 bits per heavy atom. The third-order valence-corrected chi connectivity index (χ3v) is 5.91. The second kappa shape index (κ2) is 7.33. The number of carboxylic acid groups (broad SMARTS) is 1. The Bertz CT molecular complexity index is 1090. The molecule has 0 bridgehead atoms. The standard InChI is InChI=1S/C22H22N4O2S/c1-13-12-16(14(2)26(13)18-10-5-4-8-15(18)21(27)28)20-19(24-22(29)25(20)3)17-9-6-7-11-23-17/h4-12,19-20H,1-3H3,(H,24,29)(H,27,28)/t19-,20+/m0/s1. The molecule has 0 spiro atoms. The number of nitrogens with one attached hydrogen (secondary N) is 1. The summed E-state index contributed by atoms with van der Waals surface area (Å²) in [4.78, 5) is 18.3. The van der Waals surface area contributed by atoms with Crippen LogP contribution in [-0.4, -0.2) is 37.7 Å². The molecule has 3 aromatic rings. The third-order valence-electron chi connectivity index (χ3n) is 5.50. The highest BCUT2D eigenvalue weighted by atomic mass is 32.1. The fourth-order valence-corrected chi connectivity index (χ4v) is 4.40. The van der Waals surface area contributed by atoms with Gasteiger partial charge in [-0.2, -0.15) is 0 Å². The Balaban J connectivity index is 1.86. The van der Waals surface area contributed by atoms with Gasteiger partial charge in [-0.1, -0.05) is 18.2 Å². The average molecular weight is 407 g/mol. The number of carbonyl (C=O) groups is 1. The molecular weight excluding hydrogens is 384 g/mol. The highest BCUT2D eigenvalue weighted by molar-refractivity contribution is 7.80. The number of hydrogen-bond donors (Lipinski definition) is 2. The largest absolute Gasteiger partial charge is 0.478 e. The predicted octanol–water partition coefficient (Wildman–Crippen LogP) is 3.79. The van der Waals surface area contributed by atoms with E-state index in [0.717, 1.165) is 22.6 Å². The highest BCUT2D eigenvalue weighted by Gasteiger charge is 2.39. The molecule has 0 saturated carbocycles. The summed E-state index contributed by atoms with van der Waals surface area (Å²) in [6, 6.07) is 14.9. The summed E-state index contributed by atoms with van der Waals surface area (Å²) in [5, 5.41) is 13.7. The van der Waals surface area contributed by atoms with Gasteiger partial charge in [0.05, 0.1) is 29.0 Å². The average Bonchev–Trinajstić information content (AvgIpc) is 3.17. The molecule has 1 aliphatic heterocycles. The molecule has 0 unspecified atom stereocenters. The maximum Gasteiger partial charge on any atom is 0.337 e. The first-order valence-electron chi connectivity index (χ1n) is 9.36. The minimum atomic E-state index is -0.943. The predicted molar refractivity (Wildman–Crippen MR) is 115 cm³/mol. The summed E-state index contributed by atoms with van der Waals surface area (Å²) >= 11 is 5.53. The number of hydrogen-bond acceptors (Lipinski definition) is 3. The smallest absolute Gasteiger partial charge is 0.337 e. The van der Waals surface area contributed by atoms with Crippen molar-refractivity contribution in [3.63, 3.8) is 0 Å². The number of nitrogens with zero attached hydrogens (tertiary/aromatic N) is 3. The lowest BCUT2D eigenvalue weighted by molar-refractivity contribution is 0.0697. The molecule has 1 aromatic carbocycles. The second-order valence-corrected chi connectivity index (χ2v) is 7.61. The summed E-state index contributed by atoms with van der Waals surface area (Å²) in [5.41, 5.74) is 4.90. The van der Waals surface area contributed by atoms with E-state index in [1.807, 2.05) is 60.7 Å². The van der Waals surface area contributed by atoms with Crippen LogP contribution in [-0.2, 0) is 0 Å². The van der Waals surface area contributed by atoms with Gasteiger partial charge >= 0.3 is 5.97 Å². The van der Waals surface area contributed by atoms with Crippen molar-refractivity contribution in [1.82, 2.24) is 19.8 Å². The van der Waals surface area contributed by atoms with Crippen LogP contribution in [0, 0.1) is 13.8 Å². The Kier molecular flexibility index (Phi) is 4.84. The SMILES string of the molecule is Cc1cc([C@@H]2[C@H](c3ccccn3)NC(=S)N2C)c(C)n1-c1ccccc1C(=O)O. The van der Waals surface area contributed by atoms with Gasteiger partial charge < -0.3 is 19.9 Å². The number of carboxylic acids is 1. The minimum Gasteiger partial charge on any atom is -0.478 e. The normalized spacial score (nSPS) is 18.7. The number of aryl methyl sites for hydroxylation is 1. The molecule has 6 nitrogen and oxygen atoms in total. The molecule has 0 amide bonds. The quantitative estimate of drug-likeness (QED) is 0.643. The molecule has 0 radical (unpaired) electrons. The van der Waals surface area contributed by atoms with Crippen LogP contribution in [0.2, 0.25) is 0 Å². The Hall–Kier alpha value is -3.19. The zero-order chi connectivity index (χ0) is 20.7. The van der Waals surface area contributed by atoms with Crippen LogP contribution in [0.4, 0.5) is 0 Å². The summed E-state index contributed by atoms with van der Waals surface area (Å²) in [5.74, 6) is -0.943. The van der Waals surface area contributed by atoms with Crippen molar-refractivity contribution in [2.75, 3.05) is 7.05 Å². The van der Waals surface area contributed by atoms with E-state index in [9.17, 15) is 9.90 Å². The summed E-state index contributed by atoms with van der Waals surface area (Å²) < 4.78 is 2.00. The van der Waals surface area contributed by atoms with Crippen molar-refractivity contribution in [1.29, 1.82) is 0 Å². The van der Waals surface area contributed by atoms with Crippen molar-refractivity contribution >= 4 is 23.3 Å². The van der Waals surface area contributed by atoms with Gasteiger partial charge in [0.1, 0.15) is 0 Å². The number of aromatic nitrogens is 2. The third kappa shape index (κ3) is 3.17. The fourth-order valence-electron chi connectivity index (χ4n) is 4.15. The number of benzene rings is 1. The minimum absolute atomic E-state index is 0.0469. The van der Waals surface area contributed by atoms with E-state index in [-0.39, 0.29) is 17.6 Å². The lowest BCUT2D eigenvalue weighted by Crippen LogP contribution is -2.25. The lowest BCUT2D eigenvalue weighted by atomic mass is 9.97. The van der Waals surface area contributed by atoms with Gasteiger partial charge in [0.15, 0.2) is 5.11 Å². The summed E-state index contributed by atoms with van der Waals surface area (Å²) in [7, 11) is 1.97. The second-order valence-electron chi connectivity index (χ2n) is 7.22. The van der Waals surface area contributed by atoms with Gasteiger partial charge in [-0.15, -0.1) is 0 Å². The van der Waals surface area contributed by atoms with Crippen molar-refractivity contribution in [3.05, 3.63) is 82.9 Å². The van der Waals surface area contributed by atoms with Crippen molar-refractivity contribution in [2.45, 2.75) is 25.9 Å². The van der Waals surface area contributed by atoms with Gasteiger partial charge in [-0.25, -0.2) is 4.79 Å². The molecule has 29 heavy (non-hydrogen) atoms. The van der Waals surface area contributed by atoms with Crippen LogP contribution in [0.15, 0.2) is 54.7 Å². The van der Waals surface area contributed by atoms with Crippen LogP contribution in [0.1, 0.15) is 45.1 Å². The molecule has 2 N–H and O–H groups in total. The number of para-hydroxylation sites is 1. The summed E-state index contributed by atoms with van der Waals surface area (Å²) in [6.45, 7) is 4.01. The first kappa shape index (κ1) is 19.1. The number of pyridine rings is 1. The maximum absolute atomic E-state index is 11.8.